The van der Waals surface area contributed by atoms with E-state index in [1.165, 1.54) is 0 Å². The van der Waals surface area contributed by atoms with Gasteiger partial charge in [0.05, 0.1) is 12.0 Å². The Morgan fingerprint density at radius 2 is 2.05 bits per heavy atom. The van der Waals surface area contributed by atoms with Gasteiger partial charge in [0.15, 0.2) is 5.82 Å². The topological polar surface area (TPSA) is 80.9 Å². The fraction of sp³-hybridized carbons (Fsp3) is 0.429. The number of carboxylic acid groups (broad SMARTS) is 1. The van der Waals surface area contributed by atoms with E-state index in [2.05, 4.69) is 31.5 Å². The summed E-state index contributed by atoms with van der Waals surface area (Å²) in [6, 6.07) is 7.64. The number of hydrogen-bond donors (Lipinski definition) is 1. The maximum absolute atomic E-state index is 11.7. The first kappa shape index (κ1) is 14.2. The summed E-state index contributed by atoms with van der Waals surface area (Å²) in [5.74, 6) is -0.163. The Labute approximate surface area is 130 Å². The standard InChI is InChI=1S/C14H15BrN4O2/c15-11-6-2-1-5-10(11)12-16-17-18-19(12)9-14(13(20)21)7-3-4-8-14/h1-2,5-6H,3-4,7-9H2,(H,20,21). The second-order valence-electron chi connectivity index (χ2n) is 5.43. The highest BCUT2D eigenvalue weighted by Crippen LogP contribution is 2.40. The molecule has 1 aromatic heterocycles. The van der Waals surface area contributed by atoms with Gasteiger partial charge in [-0.15, -0.1) is 5.10 Å². The predicted octanol–water partition coefficient (Wildman–Crippen LogP) is 2.75. The van der Waals surface area contributed by atoms with Gasteiger partial charge in [-0.2, -0.15) is 0 Å². The minimum absolute atomic E-state index is 0.312. The fourth-order valence-electron chi connectivity index (χ4n) is 2.92. The van der Waals surface area contributed by atoms with E-state index in [0.717, 1.165) is 22.9 Å². The van der Waals surface area contributed by atoms with Crippen molar-refractivity contribution in [2.45, 2.75) is 32.2 Å². The molecule has 0 atom stereocenters. The van der Waals surface area contributed by atoms with E-state index >= 15 is 0 Å². The van der Waals surface area contributed by atoms with Gasteiger partial charge in [-0.1, -0.05) is 40.9 Å². The van der Waals surface area contributed by atoms with Crippen LogP contribution in [-0.4, -0.2) is 31.3 Å². The van der Waals surface area contributed by atoms with Crippen LogP contribution >= 0.6 is 15.9 Å². The minimum atomic E-state index is -0.756. The van der Waals surface area contributed by atoms with Crippen LogP contribution in [0.25, 0.3) is 11.4 Å². The van der Waals surface area contributed by atoms with E-state index in [1.54, 1.807) is 4.68 Å². The van der Waals surface area contributed by atoms with Crippen molar-refractivity contribution in [3.63, 3.8) is 0 Å². The van der Waals surface area contributed by atoms with Gasteiger partial charge < -0.3 is 5.11 Å². The van der Waals surface area contributed by atoms with Gasteiger partial charge in [-0.05, 0) is 35.4 Å². The zero-order valence-electron chi connectivity index (χ0n) is 11.4. The molecule has 0 spiro atoms. The molecule has 0 unspecified atom stereocenters. The van der Waals surface area contributed by atoms with Crippen molar-refractivity contribution >= 4 is 21.9 Å². The van der Waals surface area contributed by atoms with Crippen LogP contribution in [0.1, 0.15) is 25.7 Å². The summed E-state index contributed by atoms with van der Waals surface area (Å²) in [6.07, 6.45) is 3.24. The molecular weight excluding hydrogens is 336 g/mol. The second-order valence-corrected chi connectivity index (χ2v) is 6.29. The van der Waals surface area contributed by atoms with Gasteiger partial charge in [0.2, 0.25) is 0 Å². The molecule has 1 saturated carbocycles. The van der Waals surface area contributed by atoms with Gasteiger partial charge in [0, 0.05) is 10.0 Å². The van der Waals surface area contributed by atoms with E-state index in [9.17, 15) is 9.90 Å². The highest BCUT2D eigenvalue weighted by molar-refractivity contribution is 9.10. The van der Waals surface area contributed by atoms with Crippen molar-refractivity contribution in [1.82, 2.24) is 20.2 Å². The molecule has 0 bridgehead atoms. The molecule has 6 nitrogen and oxygen atoms in total. The number of hydrogen-bond acceptors (Lipinski definition) is 4. The molecule has 2 aromatic rings. The SMILES string of the molecule is O=C(O)C1(Cn2nnnc2-c2ccccc2Br)CCCC1. The zero-order chi connectivity index (χ0) is 14.9. The number of aliphatic carboxylic acids is 1. The van der Waals surface area contributed by atoms with Gasteiger partial charge in [0.25, 0.3) is 0 Å². The maximum atomic E-state index is 11.7. The maximum Gasteiger partial charge on any atom is 0.311 e. The largest absolute Gasteiger partial charge is 0.481 e. The lowest BCUT2D eigenvalue weighted by molar-refractivity contribution is -0.149. The van der Waals surface area contributed by atoms with Crippen LogP contribution in [0.2, 0.25) is 0 Å². The van der Waals surface area contributed by atoms with Crippen LogP contribution in [0.3, 0.4) is 0 Å². The summed E-state index contributed by atoms with van der Waals surface area (Å²) >= 11 is 3.48. The number of tetrazole rings is 1. The van der Waals surface area contributed by atoms with Crippen molar-refractivity contribution in [3.8, 4) is 11.4 Å². The highest BCUT2D eigenvalue weighted by Gasteiger charge is 2.42. The van der Waals surface area contributed by atoms with Gasteiger partial charge >= 0.3 is 5.97 Å². The summed E-state index contributed by atoms with van der Waals surface area (Å²) in [4.78, 5) is 11.7. The fourth-order valence-corrected chi connectivity index (χ4v) is 3.39. The Balaban J connectivity index is 1.97. The Bertz CT molecular complexity index is 664. The molecule has 1 fully saturated rings. The van der Waals surface area contributed by atoms with E-state index in [0.29, 0.717) is 25.2 Å². The minimum Gasteiger partial charge on any atom is -0.481 e. The highest BCUT2D eigenvalue weighted by atomic mass is 79.9. The summed E-state index contributed by atoms with van der Waals surface area (Å²) in [6.45, 7) is 0.312. The third kappa shape index (κ3) is 2.57. The third-order valence-electron chi connectivity index (χ3n) is 4.11. The molecule has 3 rings (SSSR count). The lowest BCUT2D eigenvalue weighted by atomic mass is 9.86. The van der Waals surface area contributed by atoms with Crippen molar-refractivity contribution in [3.05, 3.63) is 28.7 Å². The summed E-state index contributed by atoms with van der Waals surface area (Å²) < 4.78 is 2.50. The Hall–Kier alpha value is -1.76. The van der Waals surface area contributed by atoms with Crippen LogP contribution in [0, 0.1) is 5.41 Å². The quantitative estimate of drug-likeness (QED) is 0.916. The van der Waals surface area contributed by atoms with Gasteiger partial charge in [-0.3, -0.25) is 4.79 Å². The smallest absolute Gasteiger partial charge is 0.311 e. The average molecular weight is 351 g/mol. The number of halogens is 1. The number of nitrogens with zero attached hydrogens (tertiary/aromatic N) is 4. The number of carbonyl (C=O) groups is 1. The summed E-state index contributed by atoms with van der Waals surface area (Å²) in [5.41, 5.74) is 0.117. The molecule has 21 heavy (non-hydrogen) atoms. The van der Waals surface area contributed by atoms with Crippen LogP contribution in [-0.2, 0) is 11.3 Å². The van der Waals surface area contributed by atoms with Crippen LogP contribution in [0.15, 0.2) is 28.7 Å². The van der Waals surface area contributed by atoms with Crippen LogP contribution < -0.4 is 0 Å². The molecule has 0 amide bonds. The van der Waals surface area contributed by atoms with Gasteiger partial charge in [-0.25, -0.2) is 4.68 Å². The molecule has 1 aliphatic rings. The van der Waals surface area contributed by atoms with Gasteiger partial charge in [0.1, 0.15) is 0 Å². The Morgan fingerprint density at radius 3 is 2.71 bits per heavy atom. The molecule has 0 radical (unpaired) electrons. The Morgan fingerprint density at radius 1 is 1.33 bits per heavy atom. The first-order valence-electron chi connectivity index (χ1n) is 6.87. The number of carboxylic acids is 1. The van der Waals surface area contributed by atoms with Crippen molar-refractivity contribution < 1.29 is 9.90 Å². The molecule has 7 heteroatoms. The molecule has 1 aliphatic carbocycles. The first-order chi connectivity index (χ1) is 10.1. The van der Waals surface area contributed by atoms with Crippen molar-refractivity contribution in [2.75, 3.05) is 0 Å². The second kappa shape index (κ2) is 5.55. The lowest BCUT2D eigenvalue weighted by Crippen LogP contribution is -2.33. The molecule has 110 valence electrons. The van der Waals surface area contributed by atoms with E-state index in [-0.39, 0.29) is 0 Å². The Kier molecular flexibility index (Phi) is 3.75. The lowest BCUT2D eigenvalue weighted by Gasteiger charge is -2.23. The summed E-state index contributed by atoms with van der Waals surface area (Å²) in [7, 11) is 0. The number of rotatable bonds is 4. The molecule has 1 heterocycles. The molecule has 0 saturated heterocycles. The predicted molar refractivity (Wildman–Crippen MR) is 79.5 cm³/mol. The zero-order valence-corrected chi connectivity index (χ0v) is 13.0. The van der Waals surface area contributed by atoms with E-state index in [4.69, 9.17) is 0 Å². The number of aromatic nitrogens is 4. The van der Waals surface area contributed by atoms with Crippen LogP contribution in [0.5, 0.6) is 0 Å². The third-order valence-corrected chi connectivity index (χ3v) is 4.80. The molecule has 1 aromatic carbocycles. The van der Waals surface area contributed by atoms with Crippen molar-refractivity contribution in [2.24, 2.45) is 5.41 Å². The van der Waals surface area contributed by atoms with E-state index in [1.807, 2.05) is 24.3 Å². The van der Waals surface area contributed by atoms with Crippen LogP contribution in [0.4, 0.5) is 0 Å². The first-order valence-corrected chi connectivity index (χ1v) is 7.66. The normalized spacial score (nSPS) is 17.0. The number of benzene rings is 1. The molecule has 1 N–H and O–H groups in total. The van der Waals surface area contributed by atoms with E-state index < -0.39 is 11.4 Å². The molecule has 0 aliphatic heterocycles. The monoisotopic (exact) mass is 350 g/mol. The average Bonchev–Trinajstić information content (AvgIpc) is 3.10. The van der Waals surface area contributed by atoms with Crippen molar-refractivity contribution in [1.29, 1.82) is 0 Å². The summed E-state index contributed by atoms with van der Waals surface area (Å²) in [5, 5.41) is 21.4. The molecular formula is C14H15BrN4O2.